The molecule has 2 aromatic rings. The van der Waals surface area contributed by atoms with Gasteiger partial charge in [0.2, 0.25) is 5.13 Å². The highest BCUT2D eigenvalue weighted by atomic mass is 127. The quantitative estimate of drug-likeness (QED) is 0.292. The molecule has 1 aliphatic rings. The van der Waals surface area contributed by atoms with Crippen LogP contribution in [-0.4, -0.2) is 74.3 Å². The van der Waals surface area contributed by atoms with Gasteiger partial charge in [0.15, 0.2) is 17.5 Å². The molecular weight excluding hydrogens is 543 g/mol. The zero-order valence-electron chi connectivity index (χ0n) is 19.4. The Morgan fingerprint density at radius 3 is 2.25 bits per heavy atom. The van der Waals surface area contributed by atoms with Crippen molar-refractivity contribution in [3.05, 3.63) is 23.5 Å². The summed E-state index contributed by atoms with van der Waals surface area (Å²) in [6.45, 7) is 8.96. The highest BCUT2D eigenvalue weighted by molar-refractivity contribution is 14.0. The van der Waals surface area contributed by atoms with Crippen LogP contribution < -0.4 is 24.4 Å². The monoisotopic (exact) mass is 576 g/mol. The minimum absolute atomic E-state index is 0. The molecule has 0 radical (unpaired) electrons. The van der Waals surface area contributed by atoms with Crippen molar-refractivity contribution in [3.63, 3.8) is 0 Å². The third kappa shape index (κ3) is 6.27. The standard InChI is InChI=1S/C21H32N6O3S.HI/c1-6-19-24-21(31-25-19)27-10-8-26(9-11-27)20(22-7-2)23-14-15-12-17(29-4)18(30-5)13-16(15)28-3;/h12-13H,6-11,14H2,1-5H3,(H,22,23);1H. The second-order valence-corrected chi connectivity index (χ2v) is 7.74. The molecule has 1 saturated heterocycles. The highest BCUT2D eigenvalue weighted by Gasteiger charge is 2.22. The Hall–Kier alpha value is -2.02. The second-order valence-electron chi connectivity index (χ2n) is 7.01. The fourth-order valence-corrected chi connectivity index (χ4v) is 4.23. The third-order valence-corrected chi connectivity index (χ3v) is 5.96. The lowest BCUT2D eigenvalue weighted by atomic mass is 10.1. The summed E-state index contributed by atoms with van der Waals surface area (Å²) in [5, 5.41) is 4.42. The number of nitrogens with one attached hydrogen (secondary N) is 1. The number of guanidine groups is 1. The molecule has 32 heavy (non-hydrogen) atoms. The molecule has 0 atom stereocenters. The second kappa shape index (κ2) is 12.9. The van der Waals surface area contributed by atoms with Gasteiger partial charge < -0.3 is 29.3 Å². The molecule has 1 N–H and O–H groups in total. The summed E-state index contributed by atoms with van der Waals surface area (Å²) in [7, 11) is 4.89. The van der Waals surface area contributed by atoms with E-state index < -0.39 is 0 Å². The molecule has 0 spiro atoms. The van der Waals surface area contributed by atoms with E-state index in [0.29, 0.717) is 18.0 Å². The summed E-state index contributed by atoms with van der Waals surface area (Å²) in [5.41, 5.74) is 0.940. The first kappa shape index (κ1) is 26.2. The van der Waals surface area contributed by atoms with Gasteiger partial charge in [0.05, 0.1) is 27.9 Å². The summed E-state index contributed by atoms with van der Waals surface area (Å²) in [5.74, 6) is 3.84. The lowest BCUT2D eigenvalue weighted by Gasteiger charge is -2.36. The Kier molecular flexibility index (Phi) is 10.6. The SMILES string of the molecule is CCNC(=NCc1cc(OC)c(OC)cc1OC)N1CCN(c2nc(CC)ns2)CC1.I. The van der Waals surface area contributed by atoms with Gasteiger partial charge in [-0.15, -0.1) is 24.0 Å². The fraction of sp³-hybridized carbons (Fsp3) is 0.571. The number of aryl methyl sites for hydroxylation is 1. The molecule has 2 heterocycles. The van der Waals surface area contributed by atoms with Crippen LogP contribution in [0.4, 0.5) is 5.13 Å². The molecular formula is C21H33IN6O3S. The van der Waals surface area contributed by atoms with Crippen LogP contribution in [0.5, 0.6) is 17.2 Å². The Labute approximate surface area is 211 Å². The Bertz CT molecular complexity index is 886. The number of piperazine rings is 1. The van der Waals surface area contributed by atoms with E-state index in [4.69, 9.17) is 19.2 Å². The maximum absolute atomic E-state index is 5.54. The number of hydrogen-bond donors (Lipinski definition) is 1. The van der Waals surface area contributed by atoms with Crippen LogP contribution in [0.1, 0.15) is 25.2 Å². The van der Waals surface area contributed by atoms with Gasteiger partial charge in [-0.3, -0.25) is 0 Å². The summed E-state index contributed by atoms with van der Waals surface area (Å²) < 4.78 is 20.8. The number of anilines is 1. The van der Waals surface area contributed by atoms with E-state index in [0.717, 1.165) is 67.4 Å². The molecule has 0 unspecified atom stereocenters. The molecule has 1 aliphatic heterocycles. The van der Waals surface area contributed by atoms with Crippen LogP contribution in [0.2, 0.25) is 0 Å². The number of rotatable bonds is 8. The van der Waals surface area contributed by atoms with Crippen LogP contribution >= 0.6 is 35.5 Å². The summed E-state index contributed by atoms with van der Waals surface area (Å²) in [6, 6.07) is 3.76. The van der Waals surface area contributed by atoms with Gasteiger partial charge in [0, 0.05) is 62.3 Å². The molecule has 0 amide bonds. The summed E-state index contributed by atoms with van der Waals surface area (Å²) >= 11 is 1.48. The zero-order valence-corrected chi connectivity index (χ0v) is 22.5. The predicted octanol–water partition coefficient (Wildman–Crippen LogP) is 3.03. The fourth-order valence-electron chi connectivity index (χ4n) is 3.43. The smallest absolute Gasteiger partial charge is 0.205 e. The molecule has 1 fully saturated rings. The lowest BCUT2D eigenvalue weighted by Crippen LogP contribution is -2.52. The number of methoxy groups -OCH3 is 3. The van der Waals surface area contributed by atoms with Crippen molar-refractivity contribution in [2.75, 3.05) is 59.0 Å². The molecule has 0 bridgehead atoms. The van der Waals surface area contributed by atoms with E-state index >= 15 is 0 Å². The van der Waals surface area contributed by atoms with E-state index in [9.17, 15) is 0 Å². The van der Waals surface area contributed by atoms with E-state index in [1.54, 1.807) is 21.3 Å². The number of aliphatic imine (C=N–C) groups is 1. The van der Waals surface area contributed by atoms with Crippen LogP contribution in [-0.2, 0) is 13.0 Å². The van der Waals surface area contributed by atoms with Crippen LogP contribution in [0.3, 0.4) is 0 Å². The number of ether oxygens (including phenoxy) is 3. The van der Waals surface area contributed by atoms with E-state index in [-0.39, 0.29) is 24.0 Å². The molecule has 1 aromatic carbocycles. The zero-order chi connectivity index (χ0) is 22.2. The highest BCUT2D eigenvalue weighted by Crippen LogP contribution is 2.35. The molecule has 178 valence electrons. The predicted molar refractivity (Wildman–Crippen MR) is 139 cm³/mol. The first-order valence-corrected chi connectivity index (χ1v) is 11.3. The van der Waals surface area contributed by atoms with Crippen molar-refractivity contribution < 1.29 is 14.2 Å². The largest absolute Gasteiger partial charge is 0.496 e. The van der Waals surface area contributed by atoms with E-state index in [1.165, 1.54) is 11.5 Å². The van der Waals surface area contributed by atoms with Crippen molar-refractivity contribution >= 4 is 46.6 Å². The van der Waals surface area contributed by atoms with Gasteiger partial charge in [0.1, 0.15) is 11.6 Å². The lowest BCUT2D eigenvalue weighted by molar-refractivity contribution is 0.347. The van der Waals surface area contributed by atoms with E-state index in [1.807, 2.05) is 12.1 Å². The minimum Gasteiger partial charge on any atom is -0.496 e. The molecule has 11 heteroatoms. The van der Waals surface area contributed by atoms with Crippen molar-refractivity contribution in [1.82, 2.24) is 19.6 Å². The van der Waals surface area contributed by atoms with Gasteiger partial charge >= 0.3 is 0 Å². The van der Waals surface area contributed by atoms with Crippen molar-refractivity contribution in [3.8, 4) is 17.2 Å². The average Bonchev–Trinajstić information content (AvgIpc) is 3.30. The van der Waals surface area contributed by atoms with Gasteiger partial charge in [0.25, 0.3) is 0 Å². The molecule has 0 saturated carbocycles. The van der Waals surface area contributed by atoms with Crippen molar-refractivity contribution in [1.29, 1.82) is 0 Å². The first-order valence-electron chi connectivity index (χ1n) is 10.5. The average molecular weight is 577 g/mol. The number of halogens is 1. The van der Waals surface area contributed by atoms with Crippen LogP contribution in [0.15, 0.2) is 17.1 Å². The van der Waals surface area contributed by atoms with Gasteiger partial charge in [-0.1, -0.05) is 6.92 Å². The van der Waals surface area contributed by atoms with E-state index in [2.05, 4.69) is 38.3 Å². The van der Waals surface area contributed by atoms with Gasteiger partial charge in [-0.25, -0.2) is 9.98 Å². The van der Waals surface area contributed by atoms with Crippen molar-refractivity contribution in [2.45, 2.75) is 26.8 Å². The number of aromatic nitrogens is 2. The number of benzene rings is 1. The Morgan fingerprint density at radius 2 is 1.69 bits per heavy atom. The summed E-state index contributed by atoms with van der Waals surface area (Å²) in [4.78, 5) is 14.1. The Morgan fingerprint density at radius 1 is 1.03 bits per heavy atom. The Balaban J connectivity index is 0.00000363. The minimum atomic E-state index is 0. The molecule has 3 rings (SSSR count). The number of nitrogens with zero attached hydrogens (tertiary/aromatic N) is 5. The molecule has 9 nitrogen and oxygen atoms in total. The summed E-state index contributed by atoms with van der Waals surface area (Å²) in [6.07, 6.45) is 0.868. The first-order chi connectivity index (χ1) is 15.1. The third-order valence-electron chi connectivity index (χ3n) is 5.14. The molecule has 1 aromatic heterocycles. The maximum atomic E-state index is 5.54. The number of hydrogen-bond acceptors (Lipinski definition) is 8. The van der Waals surface area contributed by atoms with Gasteiger partial charge in [-0.05, 0) is 13.0 Å². The topological polar surface area (TPSA) is 84.3 Å². The molecule has 0 aliphatic carbocycles. The van der Waals surface area contributed by atoms with Crippen LogP contribution in [0.25, 0.3) is 0 Å². The van der Waals surface area contributed by atoms with Crippen LogP contribution in [0, 0.1) is 0 Å². The normalized spacial score (nSPS) is 14.1. The van der Waals surface area contributed by atoms with Gasteiger partial charge in [-0.2, -0.15) is 4.37 Å². The maximum Gasteiger partial charge on any atom is 0.205 e. The van der Waals surface area contributed by atoms with Crippen molar-refractivity contribution in [2.24, 2.45) is 4.99 Å².